The van der Waals surface area contributed by atoms with E-state index in [1.807, 2.05) is 16.8 Å². The minimum absolute atomic E-state index is 0.147. The molecular formula is C25H29Cl2N7O4. The summed E-state index contributed by atoms with van der Waals surface area (Å²) in [5.41, 5.74) is 7.38. The number of hydrogen-bond acceptors (Lipinski definition) is 8. The molecule has 2 aromatic heterocycles. The highest BCUT2D eigenvalue weighted by Gasteiger charge is 2.21. The summed E-state index contributed by atoms with van der Waals surface area (Å²) in [6.07, 6.45) is 2.51. The molecule has 3 heterocycles. The first-order valence-corrected chi connectivity index (χ1v) is 13.0. The van der Waals surface area contributed by atoms with E-state index in [1.54, 1.807) is 18.2 Å². The molecule has 1 saturated heterocycles. The Morgan fingerprint density at radius 3 is 2.61 bits per heavy atom. The van der Waals surface area contributed by atoms with Gasteiger partial charge in [0.15, 0.2) is 0 Å². The summed E-state index contributed by atoms with van der Waals surface area (Å²) >= 11 is 12.6. The summed E-state index contributed by atoms with van der Waals surface area (Å²) in [5, 5.41) is 18.1. The molecule has 1 fully saturated rings. The van der Waals surface area contributed by atoms with Crippen molar-refractivity contribution in [2.45, 2.75) is 13.0 Å². The van der Waals surface area contributed by atoms with E-state index in [4.69, 9.17) is 33.7 Å². The van der Waals surface area contributed by atoms with Crippen LogP contribution >= 0.6 is 23.2 Å². The Morgan fingerprint density at radius 2 is 1.89 bits per heavy atom. The molecule has 0 atom stereocenters. The first kappa shape index (κ1) is 27.6. The van der Waals surface area contributed by atoms with Crippen molar-refractivity contribution < 1.29 is 14.5 Å². The lowest BCUT2D eigenvalue weighted by Crippen LogP contribution is -2.41. The Balaban J connectivity index is 1.44. The van der Waals surface area contributed by atoms with E-state index in [0.717, 1.165) is 25.2 Å². The Labute approximate surface area is 230 Å². The third-order valence-electron chi connectivity index (χ3n) is 6.20. The van der Waals surface area contributed by atoms with Crippen molar-refractivity contribution in [3.8, 4) is 11.1 Å². The second-order valence-corrected chi connectivity index (χ2v) is 9.59. The van der Waals surface area contributed by atoms with Crippen molar-refractivity contribution in [1.82, 2.24) is 19.8 Å². The number of aryl methyl sites for hydroxylation is 1. The minimum atomic E-state index is -0.573. The highest BCUT2D eigenvalue weighted by Crippen LogP contribution is 2.33. The summed E-state index contributed by atoms with van der Waals surface area (Å²) < 4.78 is 7.28. The van der Waals surface area contributed by atoms with Crippen molar-refractivity contribution in [1.29, 1.82) is 0 Å². The van der Waals surface area contributed by atoms with Crippen LogP contribution in [0, 0.1) is 10.1 Å². The summed E-state index contributed by atoms with van der Waals surface area (Å²) in [6.45, 7) is 5.39. The van der Waals surface area contributed by atoms with Gasteiger partial charge in [0.05, 0.1) is 18.1 Å². The van der Waals surface area contributed by atoms with Crippen LogP contribution in [0.3, 0.4) is 0 Å². The minimum Gasteiger partial charge on any atom is -0.379 e. The van der Waals surface area contributed by atoms with Gasteiger partial charge in [-0.1, -0.05) is 29.3 Å². The number of rotatable bonds is 11. The lowest BCUT2D eigenvalue weighted by molar-refractivity contribution is -0.384. The van der Waals surface area contributed by atoms with Crippen LogP contribution in [0.4, 0.5) is 17.3 Å². The molecule has 202 valence electrons. The number of halogens is 2. The molecule has 0 saturated carbocycles. The molecule has 0 aliphatic carbocycles. The van der Waals surface area contributed by atoms with Crippen LogP contribution in [0.2, 0.25) is 10.0 Å². The van der Waals surface area contributed by atoms with Crippen molar-refractivity contribution in [2.75, 3.05) is 57.0 Å². The van der Waals surface area contributed by atoms with Crippen LogP contribution in [-0.4, -0.2) is 71.2 Å². The van der Waals surface area contributed by atoms with E-state index in [9.17, 15) is 14.9 Å². The number of nitro groups is 1. The first-order chi connectivity index (χ1) is 18.3. The van der Waals surface area contributed by atoms with E-state index in [0.29, 0.717) is 66.4 Å². The molecule has 0 bridgehead atoms. The fraction of sp³-hybridized carbons (Fsp3) is 0.360. The fourth-order valence-electron chi connectivity index (χ4n) is 4.26. The van der Waals surface area contributed by atoms with Crippen molar-refractivity contribution in [2.24, 2.45) is 0 Å². The maximum absolute atomic E-state index is 13.4. The predicted octanol–water partition coefficient (Wildman–Crippen LogP) is 3.91. The molecule has 4 N–H and O–H groups in total. The van der Waals surface area contributed by atoms with E-state index < -0.39 is 4.92 Å². The van der Waals surface area contributed by atoms with Gasteiger partial charge in [0, 0.05) is 72.7 Å². The first-order valence-electron chi connectivity index (χ1n) is 12.2. The van der Waals surface area contributed by atoms with Gasteiger partial charge in [-0.3, -0.25) is 19.8 Å². The van der Waals surface area contributed by atoms with Gasteiger partial charge in [-0.15, -0.1) is 0 Å². The number of morpholine rings is 1. The van der Waals surface area contributed by atoms with Crippen LogP contribution in [0.1, 0.15) is 16.9 Å². The van der Waals surface area contributed by atoms with Crippen LogP contribution in [-0.2, 0) is 11.3 Å². The van der Waals surface area contributed by atoms with Gasteiger partial charge >= 0.3 is 5.69 Å². The van der Waals surface area contributed by atoms with Gasteiger partial charge in [-0.2, -0.15) is 0 Å². The number of benzene rings is 1. The number of hydrogen-bond donors (Lipinski definition) is 3. The molecule has 11 nitrogen and oxygen atoms in total. The standard InChI is InChI=1S/C25H29Cl2N7O4/c26-17-2-3-18(20(27)16-17)19-6-10-33(23(19)25(35)30-8-11-32-12-14-38-15-13-32)9-1-7-29-22-5-4-21(34(36)37)24(28)31-22/h2-6,10,16H,1,7-9,11-15H2,(H,30,35)(H3,28,29,31). The van der Waals surface area contributed by atoms with Crippen molar-refractivity contribution in [3.05, 3.63) is 68.4 Å². The molecule has 0 radical (unpaired) electrons. The van der Waals surface area contributed by atoms with Crippen molar-refractivity contribution >= 4 is 46.4 Å². The summed E-state index contributed by atoms with van der Waals surface area (Å²) in [5.74, 6) is 0.100. The van der Waals surface area contributed by atoms with Crippen molar-refractivity contribution in [3.63, 3.8) is 0 Å². The Kier molecular flexibility index (Phi) is 9.40. The van der Waals surface area contributed by atoms with Gasteiger partial charge in [0.1, 0.15) is 11.5 Å². The summed E-state index contributed by atoms with van der Waals surface area (Å²) in [6, 6.07) is 9.91. The molecule has 0 unspecified atom stereocenters. The lowest BCUT2D eigenvalue weighted by Gasteiger charge is -2.26. The molecule has 13 heteroatoms. The highest BCUT2D eigenvalue weighted by atomic mass is 35.5. The Hall–Kier alpha value is -3.38. The van der Waals surface area contributed by atoms with Crippen LogP contribution in [0.5, 0.6) is 0 Å². The second kappa shape index (κ2) is 12.9. The van der Waals surface area contributed by atoms with E-state index in [2.05, 4.69) is 20.5 Å². The summed E-state index contributed by atoms with van der Waals surface area (Å²) in [7, 11) is 0. The number of carbonyl (C=O) groups is 1. The van der Waals surface area contributed by atoms with E-state index in [-0.39, 0.29) is 17.4 Å². The van der Waals surface area contributed by atoms with Crippen LogP contribution in [0.25, 0.3) is 11.1 Å². The molecule has 1 aliphatic rings. The molecule has 1 aliphatic heterocycles. The van der Waals surface area contributed by atoms with E-state index >= 15 is 0 Å². The average molecular weight is 562 g/mol. The predicted molar refractivity (Wildman–Crippen MR) is 148 cm³/mol. The largest absolute Gasteiger partial charge is 0.379 e. The molecule has 4 rings (SSSR count). The number of aromatic nitrogens is 2. The van der Waals surface area contributed by atoms with E-state index in [1.165, 1.54) is 12.1 Å². The maximum Gasteiger partial charge on any atom is 0.311 e. The highest BCUT2D eigenvalue weighted by molar-refractivity contribution is 6.36. The SMILES string of the molecule is Nc1nc(NCCCn2ccc(-c3ccc(Cl)cc3Cl)c2C(=O)NCCN2CCOCC2)ccc1[N+](=O)[O-]. The normalized spacial score (nSPS) is 13.8. The Morgan fingerprint density at radius 1 is 1.11 bits per heavy atom. The number of pyridine rings is 1. The zero-order chi connectivity index (χ0) is 27.1. The van der Waals surface area contributed by atoms with Gasteiger partial charge in [0.25, 0.3) is 5.91 Å². The number of nitrogen functional groups attached to an aromatic ring is 1. The molecule has 1 aromatic carbocycles. The lowest BCUT2D eigenvalue weighted by atomic mass is 10.1. The molecular weight excluding hydrogens is 533 g/mol. The quantitative estimate of drug-likeness (QED) is 0.182. The fourth-order valence-corrected chi connectivity index (χ4v) is 4.77. The summed E-state index contributed by atoms with van der Waals surface area (Å²) in [4.78, 5) is 30.0. The third-order valence-corrected chi connectivity index (χ3v) is 6.75. The smallest absolute Gasteiger partial charge is 0.311 e. The van der Waals surface area contributed by atoms with Crippen LogP contribution in [0.15, 0.2) is 42.6 Å². The third kappa shape index (κ3) is 6.93. The Bertz CT molecular complexity index is 1290. The van der Waals surface area contributed by atoms with Crippen LogP contribution < -0.4 is 16.4 Å². The van der Waals surface area contributed by atoms with Gasteiger partial charge < -0.3 is 25.7 Å². The molecule has 38 heavy (non-hydrogen) atoms. The zero-order valence-electron chi connectivity index (χ0n) is 20.7. The maximum atomic E-state index is 13.4. The van der Waals surface area contributed by atoms with Gasteiger partial charge in [0.2, 0.25) is 5.82 Å². The van der Waals surface area contributed by atoms with Gasteiger partial charge in [-0.05, 0) is 30.7 Å². The monoisotopic (exact) mass is 561 g/mol. The topological polar surface area (TPSA) is 141 Å². The number of anilines is 2. The zero-order valence-corrected chi connectivity index (χ0v) is 22.2. The number of nitrogens with two attached hydrogens (primary N) is 1. The number of carbonyl (C=O) groups excluding carboxylic acids is 1. The average Bonchev–Trinajstić information content (AvgIpc) is 3.30. The number of ether oxygens (including phenoxy) is 1. The van der Waals surface area contributed by atoms with Gasteiger partial charge in [-0.25, -0.2) is 4.98 Å². The number of nitrogens with one attached hydrogen (secondary N) is 2. The number of amides is 1. The molecule has 1 amide bonds. The molecule has 0 spiro atoms. The second-order valence-electron chi connectivity index (χ2n) is 8.74. The molecule has 3 aromatic rings. The number of nitrogens with zero attached hydrogens (tertiary/aromatic N) is 4.